The van der Waals surface area contributed by atoms with Crippen molar-refractivity contribution < 1.29 is 9.13 Å². The van der Waals surface area contributed by atoms with Gasteiger partial charge in [-0.2, -0.15) is 0 Å². The predicted molar refractivity (Wildman–Crippen MR) is 80.0 cm³/mol. The second-order valence-electron chi connectivity index (χ2n) is 4.98. The minimum Gasteiger partial charge on any atom is -0.494 e. The van der Waals surface area contributed by atoms with Crippen LogP contribution in [0.25, 0.3) is 5.52 Å². The standard InChI is InChI=1S/C16H23FN2O/c1-4-9-18(5-2)10-6-13-7-11-19-12-8-14(20-3)15(17)16(13)19/h7-8,11-12H,4-6,9-10H2,1-3H3. The molecule has 0 aliphatic carbocycles. The molecule has 0 bridgehead atoms. The van der Waals surface area contributed by atoms with Crippen molar-refractivity contribution in [2.24, 2.45) is 0 Å². The van der Waals surface area contributed by atoms with Gasteiger partial charge in [0.05, 0.1) is 12.6 Å². The Morgan fingerprint density at radius 1 is 1.20 bits per heavy atom. The Labute approximate surface area is 120 Å². The molecule has 0 amide bonds. The molecular weight excluding hydrogens is 255 g/mol. The number of rotatable bonds is 7. The van der Waals surface area contributed by atoms with Crippen LogP contribution in [0.15, 0.2) is 24.5 Å². The molecule has 2 heterocycles. The van der Waals surface area contributed by atoms with Crippen molar-refractivity contribution >= 4 is 5.52 Å². The summed E-state index contributed by atoms with van der Waals surface area (Å²) in [5, 5.41) is 0. The number of hydrogen-bond donors (Lipinski definition) is 0. The van der Waals surface area contributed by atoms with E-state index in [2.05, 4.69) is 18.7 Å². The third kappa shape index (κ3) is 2.96. The van der Waals surface area contributed by atoms with Crippen molar-refractivity contribution in [2.75, 3.05) is 26.7 Å². The van der Waals surface area contributed by atoms with Gasteiger partial charge in [-0.3, -0.25) is 0 Å². The van der Waals surface area contributed by atoms with Gasteiger partial charge in [0.2, 0.25) is 0 Å². The van der Waals surface area contributed by atoms with E-state index < -0.39 is 0 Å². The zero-order valence-corrected chi connectivity index (χ0v) is 12.5. The fourth-order valence-corrected chi connectivity index (χ4v) is 2.59. The fraction of sp³-hybridized carbons (Fsp3) is 0.500. The summed E-state index contributed by atoms with van der Waals surface area (Å²) in [6.45, 7) is 7.43. The van der Waals surface area contributed by atoms with Gasteiger partial charge in [0.15, 0.2) is 11.6 Å². The molecule has 0 radical (unpaired) electrons. The lowest BCUT2D eigenvalue weighted by Gasteiger charge is -2.19. The van der Waals surface area contributed by atoms with Gasteiger partial charge in [-0.25, -0.2) is 4.39 Å². The van der Waals surface area contributed by atoms with E-state index in [0.717, 1.165) is 38.0 Å². The Hall–Kier alpha value is -1.55. The molecule has 0 aromatic carbocycles. The van der Waals surface area contributed by atoms with E-state index in [4.69, 9.17) is 4.74 Å². The molecule has 2 aromatic rings. The molecule has 110 valence electrons. The number of hydrogen-bond acceptors (Lipinski definition) is 2. The molecule has 0 spiro atoms. The van der Waals surface area contributed by atoms with Gasteiger partial charge in [-0.05, 0) is 43.6 Å². The van der Waals surface area contributed by atoms with Crippen LogP contribution in [0.1, 0.15) is 25.8 Å². The van der Waals surface area contributed by atoms with Crippen LogP contribution in [0.4, 0.5) is 4.39 Å². The van der Waals surface area contributed by atoms with Crippen LogP contribution in [0.5, 0.6) is 5.75 Å². The van der Waals surface area contributed by atoms with Crippen molar-refractivity contribution in [1.29, 1.82) is 0 Å². The monoisotopic (exact) mass is 278 g/mol. The van der Waals surface area contributed by atoms with Gasteiger partial charge in [-0.15, -0.1) is 0 Å². The van der Waals surface area contributed by atoms with E-state index >= 15 is 0 Å². The van der Waals surface area contributed by atoms with Crippen LogP contribution in [-0.4, -0.2) is 36.0 Å². The molecule has 0 unspecified atom stereocenters. The first-order chi connectivity index (χ1) is 9.71. The number of fused-ring (bicyclic) bond motifs is 1. The third-order valence-electron chi connectivity index (χ3n) is 3.71. The molecule has 4 heteroatoms. The third-order valence-corrected chi connectivity index (χ3v) is 3.71. The van der Waals surface area contributed by atoms with E-state index in [0.29, 0.717) is 11.3 Å². The highest BCUT2D eigenvalue weighted by molar-refractivity contribution is 5.60. The SMILES string of the molecule is CCCN(CC)CCc1ccn2ccc(OC)c(F)c12. The molecule has 0 fully saturated rings. The Morgan fingerprint density at radius 2 is 1.95 bits per heavy atom. The molecule has 0 atom stereocenters. The summed E-state index contributed by atoms with van der Waals surface area (Å²) in [4.78, 5) is 2.39. The lowest BCUT2D eigenvalue weighted by molar-refractivity contribution is 0.292. The second-order valence-corrected chi connectivity index (χ2v) is 4.98. The van der Waals surface area contributed by atoms with Gasteiger partial charge >= 0.3 is 0 Å². The fourth-order valence-electron chi connectivity index (χ4n) is 2.59. The van der Waals surface area contributed by atoms with E-state index in [1.54, 1.807) is 6.07 Å². The first kappa shape index (κ1) is 14.9. The molecule has 0 aliphatic rings. The minimum absolute atomic E-state index is 0.270. The number of likely N-dealkylation sites (N-methyl/N-ethyl adjacent to an activating group) is 1. The summed E-state index contributed by atoms with van der Waals surface area (Å²) in [5.74, 6) is 0.0342. The maximum absolute atomic E-state index is 14.4. The largest absolute Gasteiger partial charge is 0.494 e. The summed E-state index contributed by atoms with van der Waals surface area (Å²) in [6, 6.07) is 3.65. The van der Waals surface area contributed by atoms with Crippen LogP contribution in [0.3, 0.4) is 0 Å². The zero-order valence-electron chi connectivity index (χ0n) is 12.5. The first-order valence-corrected chi connectivity index (χ1v) is 7.25. The van der Waals surface area contributed by atoms with E-state index in [1.807, 2.05) is 22.9 Å². The smallest absolute Gasteiger partial charge is 0.189 e. The molecule has 2 rings (SSSR count). The Morgan fingerprint density at radius 3 is 2.60 bits per heavy atom. The average molecular weight is 278 g/mol. The maximum atomic E-state index is 14.4. The molecular formula is C16H23FN2O. The predicted octanol–water partition coefficient (Wildman–Crippen LogP) is 3.36. The second kappa shape index (κ2) is 6.75. The number of ether oxygens (including phenoxy) is 1. The van der Waals surface area contributed by atoms with Gasteiger partial charge in [0.25, 0.3) is 0 Å². The van der Waals surface area contributed by atoms with E-state index in [1.165, 1.54) is 7.11 Å². The summed E-state index contributed by atoms with van der Waals surface area (Å²) >= 11 is 0. The van der Waals surface area contributed by atoms with Crippen molar-refractivity contribution in [1.82, 2.24) is 9.30 Å². The van der Waals surface area contributed by atoms with Crippen molar-refractivity contribution in [2.45, 2.75) is 26.7 Å². The number of halogens is 1. The lowest BCUT2D eigenvalue weighted by atomic mass is 10.1. The van der Waals surface area contributed by atoms with Gasteiger partial charge in [0, 0.05) is 18.9 Å². The average Bonchev–Trinajstić information content (AvgIpc) is 2.88. The Balaban J connectivity index is 2.22. The normalized spacial score (nSPS) is 11.4. The summed E-state index contributed by atoms with van der Waals surface area (Å²) in [7, 11) is 1.50. The summed E-state index contributed by atoms with van der Waals surface area (Å²) in [5.41, 5.74) is 1.67. The summed E-state index contributed by atoms with van der Waals surface area (Å²) in [6.07, 6.45) is 5.74. The lowest BCUT2D eigenvalue weighted by Crippen LogP contribution is -2.26. The Bertz CT molecular complexity index is 565. The van der Waals surface area contributed by atoms with Crippen LogP contribution in [-0.2, 0) is 6.42 Å². The molecule has 3 nitrogen and oxygen atoms in total. The molecule has 0 saturated heterocycles. The molecule has 0 aliphatic heterocycles. The highest BCUT2D eigenvalue weighted by Crippen LogP contribution is 2.25. The summed E-state index contributed by atoms with van der Waals surface area (Å²) < 4.78 is 21.2. The topological polar surface area (TPSA) is 16.9 Å². The van der Waals surface area contributed by atoms with Gasteiger partial charge < -0.3 is 14.0 Å². The van der Waals surface area contributed by atoms with Crippen LogP contribution < -0.4 is 4.74 Å². The van der Waals surface area contributed by atoms with E-state index in [9.17, 15) is 4.39 Å². The van der Waals surface area contributed by atoms with Crippen molar-refractivity contribution in [3.05, 3.63) is 35.9 Å². The maximum Gasteiger partial charge on any atom is 0.189 e. The molecule has 0 saturated carbocycles. The highest BCUT2D eigenvalue weighted by Gasteiger charge is 2.13. The quantitative estimate of drug-likeness (QED) is 0.772. The number of nitrogens with zero attached hydrogens (tertiary/aromatic N) is 2. The number of pyridine rings is 1. The van der Waals surface area contributed by atoms with E-state index in [-0.39, 0.29) is 5.82 Å². The molecule has 2 aromatic heterocycles. The van der Waals surface area contributed by atoms with Crippen LogP contribution >= 0.6 is 0 Å². The van der Waals surface area contributed by atoms with Crippen LogP contribution in [0, 0.1) is 5.82 Å². The molecule has 0 N–H and O–H groups in total. The van der Waals surface area contributed by atoms with Gasteiger partial charge in [-0.1, -0.05) is 13.8 Å². The molecule has 20 heavy (non-hydrogen) atoms. The highest BCUT2D eigenvalue weighted by atomic mass is 19.1. The van der Waals surface area contributed by atoms with Crippen molar-refractivity contribution in [3.63, 3.8) is 0 Å². The Kier molecular flexibility index (Phi) is 5.01. The van der Waals surface area contributed by atoms with Gasteiger partial charge in [0.1, 0.15) is 0 Å². The first-order valence-electron chi connectivity index (χ1n) is 7.25. The zero-order chi connectivity index (χ0) is 14.5. The minimum atomic E-state index is -0.270. The van der Waals surface area contributed by atoms with Crippen molar-refractivity contribution in [3.8, 4) is 5.75 Å². The number of aromatic nitrogens is 1. The number of methoxy groups -OCH3 is 1. The van der Waals surface area contributed by atoms with Crippen LogP contribution in [0.2, 0.25) is 0 Å².